The number of ether oxygens (including phenoxy) is 1. The van der Waals surface area contributed by atoms with Gasteiger partial charge in [-0.2, -0.15) is 0 Å². The number of rotatable bonds is 7. The Balaban J connectivity index is 1.42. The van der Waals surface area contributed by atoms with Crippen LogP contribution < -0.4 is 5.32 Å². The first kappa shape index (κ1) is 22.8. The van der Waals surface area contributed by atoms with Gasteiger partial charge in [0, 0.05) is 25.4 Å². The van der Waals surface area contributed by atoms with Gasteiger partial charge in [-0.15, -0.1) is 0 Å². The summed E-state index contributed by atoms with van der Waals surface area (Å²) < 4.78 is 5.56. The predicted octanol–water partition coefficient (Wildman–Crippen LogP) is 4.02. The maximum absolute atomic E-state index is 13.0. The van der Waals surface area contributed by atoms with E-state index in [2.05, 4.69) is 31.3 Å². The van der Waals surface area contributed by atoms with E-state index in [4.69, 9.17) is 9.84 Å². The number of amides is 2. The molecule has 4 rings (SSSR count). The van der Waals surface area contributed by atoms with E-state index in [0.29, 0.717) is 13.1 Å². The number of fused-ring (bicyclic) bond motifs is 3. The Morgan fingerprint density at radius 1 is 1.09 bits per heavy atom. The third-order valence-electron chi connectivity index (χ3n) is 6.57. The van der Waals surface area contributed by atoms with E-state index in [1.54, 1.807) is 4.90 Å². The van der Waals surface area contributed by atoms with Crippen LogP contribution in [0.3, 0.4) is 0 Å². The molecule has 1 atom stereocenters. The zero-order chi connectivity index (χ0) is 23.6. The minimum Gasteiger partial charge on any atom is -0.481 e. The Morgan fingerprint density at radius 2 is 1.70 bits per heavy atom. The van der Waals surface area contributed by atoms with Gasteiger partial charge in [0.15, 0.2) is 0 Å². The van der Waals surface area contributed by atoms with Gasteiger partial charge in [0.2, 0.25) is 5.91 Å². The molecule has 7 heteroatoms. The summed E-state index contributed by atoms with van der Waals surface area (Å²) in [6.45, 7) is 5.50. The van der Waals surface area contributed by atoms with Crippen molar-refractivity contribution >= 4 is 18.0 Å². The lowest BCUT2D eigenvalue weighted by Gasteiger charge is -2.25. The smallest absolute Gasteiger partial charge is 0.407 e. The fraction of sp³-hybridized carbons (Fsp3) is 0.423. The second-order valence-corrected chi connectivity index (χ2v) is 9.63. The van der Waals surface area contributed by atoms with Crippen molar-refractivity contribution in [1.82, 2.24) is 10.2 Å². The van der Waals surface area contributed by atoms with Crippen LogP contribution >= 0.6 is 0 Å². The Kier molecular flexibility index (Phi) is 6.40. The lowest BCUT2D eigenvalue weighted by molar-refractivity contribution is -0.138. The van der Waals surface area contributed by atoms with E-state index in [0.717, 1.165) is 28.7 Å². The lowest BCUT2D eigenvalue weighted by Crippen LogP contribution is -2.48. The number of nitrogens with one attached hydrogen (secondary N) is 1. The van der Waals surface area contributed by atoms with Crippen molar-refractivity contribution in [2.75, 3.05) is 19.7 Å². The van der Waals surface area contributed by atoms with Gasteiger partial charge in [-0.1, -0.05) is 62.4 Å². The van der Waals surface area contributed by atoms with Crippen molar-refractivity contribution in [2.45, 2.75) is 45.1 Å². The van der Waals surface area contributed by atoms with Crippen molar-refractivity contribution in [1.29, 1.82) is 0 Å². The molecule has 33 heavy (non-hydrogen) atoms. The molecular weight excluding hydrogens is 420 g/mol. The SMILES string of the molecule is CC1(C)CCN(C(=O)C(CCC(=O)O)NC(=O)OCC2c3ccccc3-c3ccccc32)C1. The van der Waals surface area contributed by atoms with Gasteiger partial charge in [-0.25, -0.2) is 4.79 Å². The molecule has 1 heterocycles. The van der Waals surface area contributed by atoms with E-state index in [9.17, 15) is 14.4 Å². The highest BCUT2D eigenvalue weighted by Crippen LogP contribution is 2.44. The van der Waals surface area contributed by atoms with Gasteiger partial charge in [-0.05, 0) is 40.5 Å². The molecule has 1 unspecified atom stereocenters. The van der Waals surface area contributed by atoms with Crippen molar-refractivity contribution in [3.8, 4) is 11.1 Å². The largest absolute Gasteiger partial charge is 0.481 e. The molecule has 2 amide bonds. The number of carboxylic acid groups (broad SMARTS) is 1. The van der Waals surface area contributed by atoms with Crippen molar-refractivity contribution in [2.24, 2.45) is 5.41 Å². The summed E-state index contributed by atoms with van der Waals surface area (Å²) in [5.74, 6) is -1.35. The van der Waals surface area contributed by atoms with Crippen LogP contribution in [-0.2, 0) is 14.3 Å². The Labute approximate surface area is 193 Å². The van der Waals surface area contributed by atoms with Crippen LogP contribution in [0.5, 0.6) is 0 Å². The molecule has 1 aliphatic carbocycles. The summed E-state index contributed by atoms with van der Waals surface area (Å²) in [4.78, 5) is 38.5. The highest BCUT2D eigenvalue weighted by atomic mass is 16.5. The number of hydrogen-bond acceptors (Lipinski definition) is 4. The maximum Gasteiger partial charge on any atom is 0.407 e. The molecule has 2 N–H and O–H groups in total. The van der Waals surface area contributed by atoms with E-state index in [1.807, 2.05) is 36.4 Å². The van der Waals surface area contributed by atoms with Gasteiger partial charge in [0.25, 0.3) is 0 Å². The molecule has 7 nitrogen and oxygen atoms in total. The van der Waals surface area contributed by atoms with Crippen molar-refractivity contribution in [3.05, 3.63) is 59.7 Å². The monoisotopic (exact) mass is 450 g/mol. The Morgan fingerprint density at radius 3 is 2.24 bits per heavy atom. The van der Waals surface area contributed by atoms with Gasteiger partial charge in [-0.3, -0.25) is 9.59 Å². The molecule has 0 aromatic heterocycles. The number of hydrogen-bond donors (Lipinski definition) is 2. The minimum absolute atomic E-state index is 0.0107. The quantitative estimate of drug-likeness (QED) is 0.664. The van der Waals surface area contributed by atoms with Crippen LogP contribution in [0.15, 0.2) is 48.5 Å². The zero-order valence-electron chi connectivity index (χ0n) is 19.0. The number of likely N-dealkylation sites (tertiary alicyclic amines) is 1. The van der Waals surface area contributed by atoms with Gasteiger partial charge < -0.3 is 20.1 Å². The van der Waals surface area contributed by atoms with E-state index < -0.39 is 18.1 Å². The highest BCUT2D eigenvalue weighted by Gasteiger charge is 2.36. The number of carboxylic acids is 1. The van der Waals surface area contributed by atoms with Gasteiger partial charge in [0.1, 0.15) is 12.6 Å². The van der Waals surface area contributed by atoms with Crippen LogP contribution in [0.2, 0.25) is 0 Å². The fourth-order valence-corrected chi connectivity index (χ4v) is 4.83. The van der Waals surface area contributed by atoms with Crippen LogP contribution in [0.4, 0.5) is 4.79 Å². The topological polar surface area (TPSA) is 95.9 Å². The van der Waals surface area contributed by atoms with Crippen LogP contribution in [-0.4, -0.2) is 53.7 Å². The summed E-state index contributed by atoms with van der Waals surface area (Å²) >= 11 is 0. The summed E-state index contributed by atoms with van der Waals surface area (Å²) in [6, 6.07) is 15.2. The third-order valence-corrected chi connectivity index (χ3v) is 6.57. The van der Waals surface area contributed by atoms with Crippen LogP contribution in [0.1, 0.15) is 50.2 Å². The van der Waals surface area contributed by atoms with Crippen molar-refractivity contribution < 1.29 is 24.2 Å². The Hall–Kier alpha value is -3.35. The average Bonchev–Trinajstić information content (AvgIpc) is 3.31. The second-order valence-electron chi connectivity index (χ2n) is 9.63. The first-order valence-electron chi connectivity index (χ1n) is 11.4. The number of benzene rings is 2. The highest BCUT2D eigenvalue weighted by molar-refractivity contribution is 5.86. The zero-order valence-corrected chi connectivity index (χ0v) is 19.0. The van der Waals surface area contributed by atoms with Crippen molar-refractivity contribution in [3.63, 3.8) is 0 Å². The van der Waals surface area contributed by atoms with E-state index >= 15 is 0 Å². The van der Waals surface area contributed by atoms with E-state index in [1.165, 1.54) is 0 Å². The predicted molar refractivity (Wildman–Crippen MR) is 124 cm³/mol. The van der Waals surface area contributed by atoms with Crippen LogP contribution in [0.25, 0.3) is 11.1 Å². The molecule has 2 aliphatic rings. The van der Waals surface area contributed by atoms with Gasteiger partial charge >= 0.3 is 12.1 Å². The molecule has 0 spiro atoms. The first-order valence-corrected chi connectivity index (χ1v) is 11.4. The fourth-order valence-electron chi connectivity index (χ4n) is 4.83. The van der Waals surface area contributed by atoms with E-state index in [-0.39, 0.29) is 36.7 Å². The molecule has 1 fully saturated rings. The number of alkyl carbamates (subject to hydrolysis) is 1. The molecular formula is C26H30N2O5. The number of carbonyl (C=O) groups excluding carboxylic acids is 2. The lowest BCUT2D eigenvalue weighted by atomic mass is 9.93. The standard InChI is InChI=1S/C26H30N2O5/c1-26(2)13-14-28(16-26)24(31)22(11-12-23(29)30)27-25(32)33-15-21-19-9-5-3-7-17(19)18-8-4-6-10-20(18)21/h3-10,21-22H,11-16H2,1-2H3,(H,27,32)(H,29,30). The molecule has 2 aromatic rings. The normalized spacial score (nSPS) is 17.2. The molecule has 1 aliphatic heterocycles. The molecule has 1 saturated heterocycles. The number of aliphatic carboxylic acids is 1. The summed E-state index contributed by atoms with van der Waals surface area (Å²) in [5, 5.41) is 11.7. The minimum atomic E-state index is -1.01. The first-order chi connectivity index (χ1) is 15.7. The molecule has 0 radical (unpaired) electrons. The molecule has 2 aromatic carbocycles. The summed E-state index contributed by atoms with van der Waals surface area (Å²) in [6.07, 6.45) is -0.0267. The summed E-state index contributed by atoms with van der Waals surface area (Å²) in [7, 11) is 0. The van der Waals surface area contributed by atoms with Gasteiger partial charge in [0.05, 0.1) is 0 Å². The molecule has 174 valence electrons. The number of nitrogens with zero attached hydrogens (tertiary/aromatic N) is 1. The second kappa shape index (κ2) is 9.25. The van der Waals surface area contributed by atoms with Crippen LogP contribution in [0, 0.1) is 5.41 Å². The Bertz CT molecular complexity index is 1020. The average molecular weight is 451 g/mol. The molecule has 0 saturated carbocycles. The molecule has 0 bridgehead atoms. The third kappa shape index (κ3) is 5.02. The maximum atomic E-state index is 13.0. The number of carbonyl (C=O) groups is 3. The summed E-state index contributed by atoms with van der Waals surface area (Å²) in [5.41, 5.74) is 4.48.